The van der Waals surface area contributed by atoms with Gasteiger partial charge in [0.05, 0.1) is 18.9 Å². The minimum Gasteiger partial charge on any atom is -0.357 e. The van der Waals surface area contributed by atoms with Gasteiger partial charge in [-0.3, -0.25) is 4.90 Å². The highest BCUT2D eigenvalue weighted by molar-refractivity contribution is 5.73. The summed E-state index contributed by atoms with van der Waals surface area (Å²) in [6.45, 7) is 4.76. The first-order valence-electron chi connectivity index (χ1n) is 10.1. The lowest BCUT2D eigenvalue weighted by Crippen LogP contribution is -2.34. The predicted octanol–water partition coefficient (Wildman–Crippen LogP) is 4.09. The number of benzene rings is 3. The molecule has 0 radical (unpaired) electrons. The quantitative estimate of drug-likeness (QED) is 0.520. The molecule has 0 amide bonds. The van der Waals surface area contributed by atoms with Crippen molar-refractivity contribution >= 4 is 16.7 Å². The molecule has 1 aromatic heterocycles. The van der Waals surface area contributed by atoms with E-state index in [4.69, 9.17) is 0 Å². The fourth-order valence-corrected chi connectivity index (χ4v) is 4.14. The van der Waals surface area contributed by atoms with Gasteiger partial charge in [-0.1, -0.05) is 65.4 Å². The van der Waals surface area contributed by atoms with E-state index in [0.717, 1.165) is 37.3 Å². The maximum atomic E-state index is 4.42. The molecule has 1 unspecified atom stereocenters. The molecule has 4 aromatic rings. The summed E-state index contributed by atoms with van der Waals surface area (Å²) in [7, 11) is 0. The molecule has 5 rings (SSSR count). The van der Waals surface area contributed by atoms with Crippen molar-refractivity contribution in [2.75, 3.05) is 18.1 Å². The summed E-state index contributed by atoms with van der Waals surface area (Å²) in [6, 6.07) is 28.2. The van der Waals surface area contributed by atoms with Crippen LogP contribution in [0.5, 0.6) is 0 Å². The van der Waals surface area contributed by atoms with E-state index < -0.39 is 0 Å². The lowest BCUT2D eigenvalue weighted by atomic mass is 10.1. The third-order valence-corrected chi connectivity index (χ3v) is 5.75. The van der Waals surface area contributed by atoms with Crippen LogP contribution in [-0.2, 0) is 13.1 Å². The summed E-state index contributed by atoms with van der Waals surface area (Å²) >= 11 is 0. The number of hydrogen-bond acceptors (Lipinski definition) is 4. The van der Waals surface area contributed by atoms with Gasteiger partial charge < -0.3 is 4.90 Å². The lowest BCUT2D eigenvalue weighted by molar-refractivity contribution is 0.195. The monoisotopic (exact) mass is 383 g/mol. The van der Waals surface area contributed by atoms with E-state index in [0.29, 0.717) is 6.04 Å². The third-order valence-electron chi connectivity index (χ3n) is 5.75. The second-order valence-corrected chi connectivity index (χ2v) is 7.85. The molecule has 0 N–H and O–H groups in total. The van der Waals surface area contributed by atoms with E-state index in [1.165, 1.54) is 16.8 Å². The molecule has 0 bridgehead atoms. The van der Waals surface area contributed by atoms with Gasteiger partial charge in [0.15, 0.2) is 0 Å². The molecule has 1 saturated heterocycles. The third kappa shape index (κ3) is 3.74. The normalized spacial score (nSPS) is 17.3. The van der Waals surface area contributed by atoms with E-state index in [1.54, 1.807) is 0 Å². The predicted molar refractivity (Wildman–Crippen MR) is 117 cm³/mol. The average molecular weight is 383 g/mol. The van der Waals surface area contributed by atoms with Crippen LogP contribution in [0.25, 0.3) is 11.0 Å². The minimum atomic E-state index is 0.418. The van der Waals surface area contributed by atoms with Gasteiger partial charge in [-0.05, 0) is 43.2 Å². The van der Waals surface area contributed by atoms with Crippen LogP contribution < -0.4 is 4.90 Å². The van der Waals surface area contributed by atoms with Crippen LogP contribution in [0.2, 0.25) is 0 Å². The number of aromatic nitrogens is 3. The summed E-state index contributed by atoms with van der Waals surface area (Å²) in [5.74, 6) is 0. The van der Waals surface area contributed by atoms with Gasteiger partial charge in [0.2, 0.25) is 0 Å². The van der Waals surface area contributed by atoms with Crippen LogP contribution in [0.1, 0.15) is 11.1 Å². The first-order chi connectivity index (χ1) is 14.3. The zero-order chi connectivity index (χ0) is 19.6. The van der Waals surface area contributed by atoms with E-state index in [1.807, 2.05) is 22.9 Å². The molecule has 1 fully saturated rings. The largest absolute Gasteiger partial charge is 0.357 e. The van der Waals surface area contributed by atoms with Crippen LogP contribution in [-0.4, -0.2) is 39.1 Å². The molecule has 0 aliphatic carbocycles. The van der Waals surface area contributed by atoms with Crippen molar-refractivity contribution in [3.05, 3.63) is 90.0 Å². The first-order valence-corrected chi connectivity index (χ1v) is 10.1. The number of nitrogens with zero attached hydrogens (tertiary/aromatic N) is 5. The SMILES string of the molecule is Cc1ccc(N2CC(Cc3ccccc3)N(Cn3nnc4ccccc43)C2)cc1. The summed E-state index contributed by atoms with van der Waals surface area (Å²) in [5, 5.41) is 8.75. The summed E-state index contributed by atoms with van der Waals surface area (Å²) < 4.78 is 2.02. The fourth-order valence-electron chi connectivity index (χ4n) is 4.14. The molecule has 3 aromatic carbocycles. The molecule has 2 heterocycles. The summed E-state index contributed by atoms with van der Waals surface area (Å²) in [5.41, 5.74) is 5.97. The first kappa shape index (κ1) is 17.9. The van der Waals surface area contributed by atoms with Crippen molar-refractivity contribution in [2.45, 2.75) is 26.1 Å². The van der Waals surface area contributed by atoms with Gasteiger partial charge in [0.1, 0.15) is 5.52 Å². The van der Waals surface area contributed by atoms with Gasteiger partial charge in [0, 0.05) is 18.3 Å². The topological polar surface area (TPSA) is 37.2 Å². The number of rotatable bonds is 5. The Morgan fingerprint density at radius 2 is 1.66 bits per heavy atom. The standard InChI is InChI=1S/C24H25N5/c1-19-11-13-21(14-12-19)27-16-22(15-20-7-3-2-4-8-20)28(17-27)18-29-24-10-6-5-9-23(24)25-26-29/h2-14,22H,15-18H2,1H3. The molecule has 1 atom stereocenters. The summed E-state index contributed by atoms with van der Waals surface area (Å²) in [6.07, 6.45) is 1.02. The Kier molecular flexibility index (Phi) is 4.74. The Balaban J connectivity index is 1.42. The second kappa shape index (κ2) is 7.68. The van der Waals surface area contributed by atoms with E-state index in [-0.39, 0.29) is 0 Å². The number of fused-ring (bicyclic) bond motifs is 1. The van der Waals surface area contributed by atoms with Crippen molar-refractivity contribution in [3.63, 3.8) is 0 Å². The highest BCUT2D eigenvalue weighted by atomic mass is 15.5. The number of aryl methyl sites for hydroxylation is 1. The molecular formula is C24H25N5. The molecule has 5 heteroatoms. The van der Waals surface area contributed by atoms with Crippen molar-refractivity contribution in [2.24, 2.45) is 0 Å². The molecule has 5 nitrogen and oxygen atoms in total. The molecule has 1 aliphatic heterocycles. The van der Waals surface area contributed by atoms with Crippen LogP contribution >= 0.6 is 0 Å². The van der Waals surface area contributed by atoms with E-state index >= 15 is 0 Å². The lowest BCUT2D eigenvalue weighted by Gasteiger charge is -2.23. The van der Waals surface area contributed by atoms with Gasteiger partial charge in [-0.2, -0.15) is 0 Å². The van der Waals surface area contributed by atoms with Crippen molar-refractivity contribution in [3.8, 4) is 0 Å². The Hall–Kier alpha value is -3.18. The number of anilines is 1. The Morgan fingerprint density at radius 3 is 2.48 bits per heavy atom. The van der Waals surface area contributed by atoms with Crippen LogP contribution in [0, 0.1) is 6.92 Å². The molecule has 1 aliphatic rings. The van der Waals surface area contributed by atoms with Gasteiger partial charge >= 0.3 is 0 Å². The molecule has 29 heavy (non-hydrogen) atoms. The minimum absolute atomic E-state index is 0.418. The smallest absolute Gasteiger partial charge is 0.113 e. The van der Waals surface area contributed by atoms with Crippen LogP contribution in [0.15, 0.2) is 78.9 Å². The van der Waals surface area contributed by atoms with E-state index in [9.17, 15) is 0 Å². The van der Waals surface area contributed by atoms with Crippen LogP contribution in [0.4, 0.5) is 5.69 Å². The van der Waals surface area contributed by atoms with E-state index in [2.05, 4.69) is 87.7 Å². The van der Waals surface area contributed by atoms with Gasteiger partial charge in [0.25, 0.3) is 0 Å². The zero-order valence-electron chi connectivity index (χ0n) is 16.6. The maximum Gasteiger partial charge on any atom is 0.113 e. The van der Waals surface area contributed by atoms with Gasteiger partial charge in [-0.25, -0.2) is 4.68 Å². The van der Waals surface area contributed by atoms with Crippen molar-refractivity contribution in [1.82, 2.24) is 19.9 Å². The van der Waals surface area contributed by atoms with Gasteiger partial charge in [-0.15, -0.1) is 5.10 Å². The molecule has 0 saturated carbocycles. The Labute approximate surface area is 171 Å². The Bertz CT molecular complexity index is 1090. The maximum absolute atomic E-state index is 4.42. The Morgan fingerprint density at radius 1 is 0.897 bits per heavy atom. The zero-order valence-corrected chi connectivity index (χ0v) is 16.6. The average Bonchev–Trinajstić information content (AvgIpc) is 3.34. The van der Waals surface area contributed by atoms with Crippen LogP contribution in [0.3, 0.4) is 0 Å². The molecular weight excluding hydrogens is 358 g/mol. The second-order valence-electron chi connectivity index (χ2n) is 7.85. The van der Waals surface area contributed by atoms with Crippen molar-refractivity contribution < 1.29 is 0 Å². The number of hydrogen-bond donors (Lipinski definition) is 0. The molecule has 0 spiro atoms. The fraction of sp³-hybridized carbons (Fsp3) is 0.250. The highest BCUT2D eigenvalue weighted by Crippen LogP contribution is 2.25. The number of para-hydroxylation sites is 1. The molecule has 146 valence electrons. The summed E-state index contributed by atoms with van der Waals surface area (Å²) in [4.78, 5) is 4.97. The highest BCUT2D eigenvalue weighted by Gasteiger charge is 2.31. The van der Waals surface area contributed by atoms with Crippen molar-refractivity contribution in [1.29, 1.82) is 0 Å².